The van der Waals surface area contributed by atoms with E-state index in [1.807, 2.05) is 50.0 Å². The van der Waals surface area contributed by atoms with Gasteiger partial charge in [-0.25, -0.2) is 9.78 Å². The molecule has 0 radical (unpaired) electrons. The zero-order valence-electron chi connectivity index (χ0n) is 23.1. The van der Waals surface area contributed by atoms with Crippen molar-refractivity contribution in [3.8, 4) is 11.1 Å². The number of carbonyl (C=O) groups excluding carboxylic acids is 2. The first kappa shape index (κ1) is 25.2. The third-order valence-corrected chi connectivity index (χ3v) is 7.64. The van der Waals surface area contributed by atoms with Crippen molar-refractivity contribution in [1.29, 1.82) is 0 Å². The molecule has 2 aliphatic heterocycles. The topological polar surface area (TPSA) is 96.3 Å². The standard InChI is InChI=1S/C30H34N6O3/c1-18-12-31-27-23(18)11-20(13-32-27)19-9-21-16-35(28(37)22-14-33-34(5)15-22)17-25(21)24(10-19)26-7-6-8-36(26)29(38)39-30(2,3)4/h9-15,26H,6-8,16-17H2,1-5H3,(H,31,32)/t26-/m0/s1. The summed E-state index contributed by atoms with van der Waals surface area (Å²) in [5, 5.41) is 5.26. The van der Waals surface area contributed by atoms with E-state index >= 15 is 0 Å². The molecule has 0 spiro atoms. The predicted octanol–water partition coefficient (Wildman–Crippen LogP) is 5.50. The average molecular weight is 527 g/mol. The number of aromatic nitrogens is 4. The highest BCUT2D eigenvalue weighted by molar-refractivity contribution is 5.94. The molecule has 0 unspecified atom stereocenters. The Morgan fingerprint density at radius 3 is 2.67 bits per heavy atom. The van der Waals surface area contributed by atoms with Gasteiger partial charge in [0, 0.05) is 56.2 Å². The van der Waals surface area contributed by atoms with Crippen molar-refractivity contribution in [3.05, 3.63) is 70.8 Å². The van der Waals surface area contributed by atoms with Crippen LogP contribution in [0.5, 0.6) is 0 Å². The van der Waals surface area contributed by atoms with E-state index in [2.05, 4.69) is 40.2 Å². The fourth-order valence-electron chi connectivity index (χ4n) is 5.79. The van der Waals surface area contributed by atoms with Gasteiger partial charge in [-0.3, -0.25) is 9.48 Å². The van der Waals surface area contributed by atoms with E-state index in [4.69, 9.17) is 4.74 Å². The van der Waals surface area contributed by atoms with Gasteiger partial charge in [-0.05, 0) is 86.6 Å². The average Bonchev–Trinajstić information content (AvgIpc) is 3.68. The molecule has 4 aromatic rings. The quantitative estimate of drug-likeness (QED) is 0.380. The van der Waals surface area contributed by atoms with Gasteiger partial charge in [0.05, 0.1) is 17.8 Å². The number of rotatable bonds is 3. The highest BCUT2D eigenvalue weighted by Crippen LogP contribution is 2.41. The molecule has 3 aromatic heterocycles. The van der Waals surface area contributed by atoms with Crippen molar-refractivity contribution in [3.63, 3.8) is 0 Å². The van der Waals surface area contributed by atoms with E-state index in [0.717, 1.165) is 57.3 Å². The second-order valence-corrected chi connectivity index (χ2v) is 11.7. The van der Waals surface area contributed by atoms with E-state index in [-0.39, 0.29) is 18.0 Å². The Bertz CT molecular complexity index is 1590. The molecule has 0 aliphatic carbocycles. The van der Waals surface area contributed by atoms with Crippen LogP contribution in [0, 0.1) is 6.92 Å². The van der Waals surface area contributed by atoms with Crippen molar-refractivity contribution in [2.75, 3.05) is 6.54 Å². The van der Waals surface area contributed by atoms with Crippen LogP contribution in [-0.4, -0.2) is 53.7 Å². The van der Waals surface area contributed by atoms with E-state index in [0.29, 0.717) is 25.2 Å². The zero-order valence-corrected chi connectivity index (χ0v) is 23.1. The summed E-state index contributed by atoms with van der Waals surface area (Å²) < 4.78 is 7.42. The summed E-state index contributed by atoms with van der Waals surface area (Å²) in [5.41, 5.74) is 7.33. The molecule has 1 atom stereocenters. The van der Waals surface area contributed by atoms with Gasteiger partial charge in [-0.15, -0.1) is 0 Å². The summed E-state index contributed by atoms with van der Waals surface area (Å²) in [6, 6.07) is 6.41. The molecule has 9 heteroatoms. The number of nitrogens with zero attached hydrogens (tertiary/aromatic N) is 5. The minimum atomic E-state index is -0.573. The van der Waals surface area contributed by atoms with Gasteiger partial charge in [0.15, 0.2) is 0 Å². The molecule has 9 nitrogen and oxygen atoms in total. The second-order valence-electron chi connectivity index (χ2n) is 11.7. The first-order valence-electron chi connectivity index (χ1n) is 13.4. The van der Waals surface area contributed by atoms with Crippen LogP contribution in [0.2, 0.25) is 0 Å². The molecular weight excluding hydrogens is 492 g/mol. The van der Waals surface area contributed by atoms with E-state index in [1.54, 1.807) is 17.1 Å². The maximum Gasteiger partial charge on any atom is 0.410 e. The molecule has 1 N–H and O–H groups in total. The van der Waals surface area contributed by atoms with Crippen LogP contribution in [0.3, 0.4) is 0 Å². The van der Waals surface area contributed by atoms with Crippen molar-refractivity contribution >= 4 is 23.0 Å². The Hall–Kier alpha value is -4.14. The summed E-state index contributed by atoms with van der Waals surface area (Å²) in [6.45, 7) is 9.38. The molecule has 1 fully saturated rings. The number of fused-ring (bicyclic) bond motifs is 2. The van der Waals surface area contributed by atoms with Gasteiger partial charge in [-0.2, -0.15) is 5.10 Å². The largest absolute Gasteiger partial charge is 0.444 e. The van der Waals surface area contributed by atoms with Gasteiger partial charge >= 0.3 is 6.09 Å². The maximum atomic E-state index is 13.4. The minimum Gasteiger partial charge on any atom is -0.444 e. The van der Waals surface area contributed by atoms with Gasteiger partial charge in [0.2, 0.25) is 0 Å². The number of H-pyrrole nitrogens is 1. The lowest BCUT2D eigenvalue weighted by Gasteiger charge is -2.30. The number of aromatic amines is 1. The monoisotopic (exact) mass is 526 g/mol. The van der Waals surface area contributed by atoms with E-state index in [1.165, 1.54) is 0 Å². The van der Waals surface area contributed by atoms with Crippen LogP contribution in [0.25, 0.3) is 22.2 Å². The summed E-state index contributed by atoms with van der Waals surface area (Å²) in [5.74, 6) is -0.0479. The molecule has 1 saturated heterocycles. The number of aryl methyl sites for hydroxylation is 2. The van der Waals surface area contributed by atoms with Crippen molar-refractivity contribution < 1.29 is 14.3 Å². The van der Waals surface area contributed by atoms with E-state index in [9.17, 15) is 9.59 Å². The fourth-order valence-corrected chi connectivity index (χ4v) is 5.79. The molecule has 6 rings (SSSR count). The SMILES string of the molecule is Cc1c[nH]c2ncc(-c3cc4c(c([C@@H]5CCCN5C(=O)OC(C)(C)C)c3)CN(C(=O)c3cnn(C)c3)C4)cc12. The van der Waals surface area contributed by atoms with Crippen LogP contribution in [-0.2, 0) is 24.9 Å². The number of amides is 2. The molecule has 202 valence electrons. The van der Waals surface area contributed by atoms with Crippen molar-refractivity contribution in [2.45, 2.75) is 65.3 Å². The number of hydrogen-bond acceptors (Lipinski definition) is 5. The van der Waals surface area contributed by atoms with Crippen LogP contribution in [0.4, 0.5) is 4.79 Å². The van der Waals surface area contributed by atoms with Gasteiger partial charge < -0.3 is 19.5 Å². The number of nitrogens with one attached hydrogen (secondary N) is 1. The highest BCUT2D eigenvalue weighted by atomic mass is 16.6. The lowest BCUT2D eigenvalue weighted by atomic mass is 9.91. The lowest BCUT2D eigenvalue weighted by Crippen LogP contribution is -2.36. The van der Waals surface area contributed by atoms with Gasteiger partial charge in [0.25, 0.3) is 5.91 Å². The maximum absolute atomic E-state index is 13.4. The van der Waals surface area contributed by atoms with Crippen molar-refractivity contribution in [1.82, 2.24) is 29.5 Å². The summed E-state index contributed by atoms with van der Waals surface area (Å²) in [7, 11) is 1.81. The molecular formula is C30H34N6O3. The Balaban J connectivity index is 1.42. The number of likely N-dealkylation sites (tertiary alicyclic amines) is 1. The molecule has 0 saturated carbocycles. The predicted molar refractivity (Wildman–Crippen MR) is 148 cm³/mol. The van der Waals surface area contributed by atoms with Crippen LogP contribution < -0.4 is 0 Å². The Kier molecular flexibility index (Phi) is 5.97. The van der Waals surface area contributed by atoms with Crippen LogP contribution >= 0.6 is 0 Å². The number of benzene rings is 1. The molecule has 1 aromatic carbocycles. The van der Waals surface area contributed by atoms with Crippen LogP contribution in [0.15, 0.2) is 43.0 Å². The Morgan fingerprint density at radius 1 is 1.10 bits per heavy atom. The smallest absolute Gasteiger partial charge is 0.410 e. The fraction of sp³-hybridized carbons (Fsp3) is 0.400. The number of ether oxygens (including phenoxy) is 1. The summed E-state index contributed by atoms with van der Waals surface area (Å²) >= 11 is 0. The van der Waals surface area contributed by atoms with Gasteiger partial charge in [-0.1, -0.05) is 0 Å². The second kappa shape index (κ2) is 9.25. The third kappa shape index (κ3) is 4.66. The first-order chi connectivity index (χ1) is 18.6. The number of hydrogen-bond donors (Lipinski definition) is 1. The minimum absolute atomic E-state index is 0.0479. The normalized spacial score (nSPS) is 17.2. The first-order valence-corrected chi connectivity index (χ1v) is 13.4. The molecule has 5 heterocycles. The van der Waals surface area contributed by atoms with E-state index < -0.39 is 5.60 Å². The number of carbonyl (C=O) groups is 2. The third-order valence-electron chi connectivity index (χ3n) is 7.64. The lowest BCUT2D eigenvalue weighted by molar-refractivity contribution is 0.0223. The molecule has 2 aliphatic rings. The van der Waals surface area contributed by atoms with Crippen molar-refractivity contribution in [2.24, 2.45) is 7.05 Å². The summed E-state index contributed by atoms with van der Waals surface area (Å²) in [4.78, 5) is 38.2. The summed E-state index contributed by atoms with van der Waals surface area (Å²) in [6.07, 6.45) is 8.66. The van der Waals surface area contributed by atoms with Gasteiger partial charge in [0.1, 0.15) is 11.2 Å². The molecule has 0 bridgehead atoms. The molecule has 2 amide bonds. The zero-order chi connectivity index (χ0) is 27.5. The highest BCUT2D eigenvalue weighted by Gasteiger charge is 2.37. The Labute approximate surface area is 227 Å². The van der Waals surface area contributed by atoms with Crippen LogP contribution in [0.1, 0.15) is 72.3 Å². The Morgan fingerprint density at radius 2 is 1.92 bits per heavy atom. The number of pyridine rings is 1. The molecule has 39 heavy (non-hydrogen) atoms.